The van der Waals surface area contributed by atoms with Gasteiger partial charge in [0, 0.05) is 33.4 Å². The Kier molecular flexibility index (Phi) is 3.95. The van der Waals surface area contributed by atoms with Crippen LogP contribution in [-0.2, 0) is 12.8 Å². The minimum absolute atomic E-state index is 1.12. The van der Waals surface area contributed by atoms with Gasteiger partial charge < -0.3 is 0 Å². The van der Waals surface area contributed by atoms with E-state index in [-0.39, 0.29) is 0 Å². The van der Waals surface area contributed by atoms with Gasteiger partial charge in [-0.15, -0.1) is 11.3 Å². The van der Waals surface area contributed by atoms with Crippen LogP contribution in [0.4, 0.5) is 0 Å². The van der Waals surface area contributed by atoms with Crippen molar-refractivity contribution in [2.75, 3.05) is 0 Å². The number of nitrogens with zero attached hydrogens (tertiary/aromatic N) is 2. The summed E-state index contributed by atoms with van der Waals surface area (Å²) in [4.78, 5) is 10.7. The summed E-state index contributed by atoms with van der Waals surface area (Å²) in [6.07, 6.45) is 9.06. The van der Waals surface area contributed by atoms with Crippen molar-refractivity contribution in [3.63, 3.8) is 0 Å². The molecule has 0 amide bonds. The topological polar surface area (TPSA) is 25.8 Å². The highest BCUT2D eigenvalue weighted by molar-refractivity contribution is 7.25. The third-order valence-electron chi connectivity index (χ3n) is 5.73. The van der Waals surface area contributed by atoms with Crippen LogP contribution in [0, 0.1) is 0 Å². The monoisotopic (exact) mass is 388 g/mol. The van der Waals surface area contributed by atoms with Crippen LogP contribution in [0.5, 0.6) is 0 Å². The molecule has 1 aromatic carbocycles. The molecule has 0 unspecified atom stereocenters. The number of rotatable bonds is 2. The Morgan fingerprint density at radius 1 is 0.926 bits per heavy atom. The molecule has 0 saturated carbocycles. The largest absolute Gasteiger partial charge is 0.256 e. The standard InChI is InChI=1S/C23H24N2SSi/c1-27(2,3)21-14-25-22(17-8-5-4-7-16(17)21)15-10-11-20-19(13-15)18-9-6-12-24-23(18)26-20/h6,9-14H,4-5,7-8H2,1-3H3. The van der Waals surface area contributed by atoms with Crippen LogP contribution >= 0.6 is 11.3 Å². The van der Waals surface area contributed by atoms with Gasteiger partial charge >= 0.3 is 0 Å². The Balaban J connectivity index is 1.74. The molecule has 0 aliphatic heterocycles. The predicted molar refractivity (Wildman–Crippen MR) is 120 cm³/mol. The maximum Gasteiger partial charge on any atom is 0.124 e. The summed E-state index contributed by atoms with van der Waals surface area (Å²) < 4.78 is 1.31. The lowest BCUT2D eigenvalue weighted by Crippen LogP contribution is -2.42. The Morgan fingerprint density at radius 3 is 2.56 bits per heavy atom. The molecule has 27 heavy (non-hydrogen) atoms. The fourth-order valence-electron chi connectivity index (χ4n) is 4.40. The van der Waals surface area contributed by atoms with Crippen LogP contribution < -0.4 is 5.19 Å². The predicted octanol–water partition coefficient (Wildman–Crippen LogP) is 5.94. The van der Waals surface area contributed by atoms with Gasteiger partial charge in [0.25, 0.3) is 0 Å². The highest BCUT2D eigenvalue weighted by atomic mass is 32.1. The van der Waals surface area contributed by atoms with Crippen LogP contribution in [0.1, 0.15) is 24.0 Å². The van der Waals surface area contributed by atoms with Gasteiger partial charge in [0.1, 0.15) is 4.83 Å². The molecular formula is C23H24N2SSi. The van der Waals surface area contributed by atoms with Crippen molar-refractivity contribution in [3.8, 4) is 11.3 Å². The summed E-state index contributed by atoms with van der Waals surface area (Å²) in [5, 5.41) is 4.13. The summed E-state index contributed by atoms with van der Waals surface area (Å²) in [6, 6.07) is 11.1. The minimum atomic E-state index is -1.37. The minimum Gasteiger partial charge on any atom is -0.256 e. The fourth-order valence-corrected chi connectivity index (χ4v) is 7.06. The second kappa shape index (κ2) is 6.25. The Bertz CT molecular complexity index is 1170. The Labute approximate surface area is 165 Å². The van der Waals surface area contributed by atoms with Crippen LogP contribution in [-0.4, -0.2) is 18.0 Å². The van der Waals surface area contributed by atoms with E-state index in [0.717, 1.165) is 4.83 Å². The molecule has 4 aromatic rings. The average Bonchev–Trinajstić information content (AvgIpc) is 3.04. The summed E-state index contributed by atoms with van der Waals surface area (Å²) in [5.41, 5.74) is 5.59. The molecule has 0 fully saturated rings. The molecule has 2 nitrogen and oxygen atoms in total. The first-order valence-corrected chi connectivity index (χ1v) is 14.1. The SMILES string of the molecule is C[Si](C)(C)c1cnc(-c2ccc3sc4ncccc4c3c2)c2c1CCCC2. The van der Waals surface area contributed by atoms with Gasteiger partial charge in [0.2, 0.25) is 0 Å². The number of hydrogen-bond acceptors (Lipinski definition) is 3. The third-order valence-corrected chi connectivity index (χ3v) is 8.87. The second-order valence-electron chi connectivity index (χ2n) is 8.60. The fraction of sp³-hybridized carbons (Fsp3) is 0.304. The van der Waals surface area contributed by atoms with Crippen LogP contribution in [0.25, 0.3) is 31.6 Å². The van der Waals surface area contributed by atoms with E-state index in [4.69, 9.17) is 4.98 Å². The van der Waals surface area contributed by atoms with Gasteiger partial charge in [-0.1, -0.05) is 25.7 Å². The van der Waals surface area contributed by atoms with E-state index in [1.54, 1.807) is 22.1 Å². The number of thiophene rings is 1. The van der Waals surface area contributed by atoms with Crippen molar-refractivity contribution in [1.82, 2.24) is 9.97 Å². The van der Waals surface area contributed by atoms with Crippen LogP contribution in [0.2, 0.25) is 19.6 Å². The maximum atomic E-state index is 5.02. The first-order chi connectivity index (χ1) is 13.0. The second-order valence-corrected chi connectivity index (χ2v) is 14.7. The molecule has 3 heterocycles. The van der Waals surface area contributed by atoms with Crippen molar-refractivity contribution in [1.29, 1.82) is 0 Å². The van der Waals surface area contributed by atoms with Crippen molar-refractivity contribution in [2.45, 2.75) is 45.3 Å². The molecule has 4 heteroatoms. The van der Waals surface area contributed by atoms with E-state index in [0.29, 0.717) is 0 Å². The summed E-state index contributed by atoms with van der Waals surface area (Å²) in [6.45, 7) is 7.32. The molecule has 1 aliphatic carbocycles. The normalized spacial score (nSPS) is 14.6. The average molecular weight is 389 g/mol. The van der Waals surface area contributed by atoms with E-state index < -0.39 is 8.07 Å². The molecule has 0 radical (unpaired) electrons. The summed E-state index contributed by atoms with van der Waals surface area (Å²) >= 11 is 1.77. The molecule has 3 aromatic heterocycles. The zero-order valence-electron chi connectivity index (χ0n) is 16.2. The van der Waals surface area contributed by atoms with E-state index >= 15 is 0 Å². The first-order valence-electron chi connectivity index (χ1n) is 9.81. The van der Waals surface area contributed by atoms with E-state index in [1.807, 2.05) is 12.3 Å². The molecule has 0 saturated heterocycles. The zero-order chi connectivity index (χ0) is 18.6. The maximum absolute atomic E-state index is 5.02. The van der Waals surface area contributed by atoms with Crippen molar-refractivity contribution in [2.24, 2.45) is 0 Å². The Morgan fingerprint density at radius 2 is 1.74 bits per heavy atom. The van der Waals surface area contributed by atoms with E-state index in [2.05, 4.69) is 55.1 Å². The molecule has 0 atom stereocenters. The van der Waals surface area contributed by atoms with Crippen LogP contribution in [0.3, 0.4) is 0 Å². The summed E-state index contributed by atoms with van der Waals surface area (Å²) in [7, 11) is -1.37. The number of aromatic nitrogens is 2. The van der Waals surface area contributed by atoms with Crippen LogP contribution in [0.15, 0.2) is 42.7 Å². The lowest BCUT2D eigenvalue weighted by molar-refractivity contribution is 0.686. The highest BCUT2D eigenvalue weighted by Crippen LogP contribution is 2.37. The molecule has 0 N–H and O–H groups in total. The Hall–Kier alpha value is -2.04. The van der Waals surface area contributed by atoms with Crippen molar-refractivity contribution < 1.29 is 0 Å². The van der Waals surface area contributed by atoms with E-state index in [1.165, 1.54) is 58.0 Å². The van der Waals surface area contributed by atoms with Crippen molar-refractivity contribution in [3.05, 3.63) is 53.9 Å². The van der Waals surface area contributed by atoms with Gasteiger partial charge in [-0.2, -0.15) is 0 Å². The van der Waals surface area contributed by atoms with Gasteiger partial charge in [-0.3, -0.25) is 4.98 Å². The molecule has 136 valence electrons. The van der Waals surface area contributed by atoms with Gasteiger partial charge in [-0.25, -0.2) is 4.98 Å². The lowest BCUT2D eigenvalue weighted by atomic mass is 9.89. The van der Waals surface area contributed by atoms with Gasteiger partial charge in [0.15, 0.2) is 0 Å². The summed E-state index contributed by atoms with van der Waals surface area (Å²) in [5.74, 6) is 0. The quantitative estimate of drug-likeness (QED) is 0.397. The third kappa shape index (κ3) is 2.82. The molecule has 0 spiro atoms. The highest BCUT2D eigenvalue weighted by Gasteiger charge is 2.26. The van der Waals surface area contributed by atoms with E-state index in [9.17, 15) is 0 Å². The lowest BCUT2D eigenvalue weighted by Gasteiger charge is -2.27. The number of benzene rings is 1. The number of pyridine rings is 2. The zero-order valence-corrected chi connectivity index (χ0v) is 18.0. The smallest absolute Gasteiger partial charge is 0.124 e. The van der Waals surface area contributed by atoms with Gasteiger partial charge in [-0.05, 0) is 66.3 Å². The number of fused-ring (bicyclic) bond motifs is 4. The van der Waals surface area contributed by atoms with Crippen molar-refractivity contribution >= 4 is 44.9 Å². The molecule has 1 aliphatic rings. The molecule has 5 rings (SSSR count). The molecular weight excluding hydrogens is 364 g/mol. The first kappa shape index (κ1) is 17.1. The van der Waals surface area contributed by atoms with Gasteiger partial charge in [0.05, 0.1) is 13.8 Å². The molecule has 0 bridgehead atoms. The number of hydrogen-bond donors (Lipinski definition) is 0.